The van der Waals surface area contributed by atoms with Gasteiger partial charge in [0, 0.05) is 92.9 Å². The monoisotopic (exact) mass is 1080 g/mol. The highest BCUT2D eigenvalue weighted by Crippen LogP contribution is 2.42. The second-order valence-corrected chi connectivity index (χ2v) is 21.7. The number of thioether (sulfide) groups is 1. The third kappa shape index (κ3) is 11.9. The fraction of sp³-hybridized carbons (Fsp3) is 0.419. The largest absolute Gasteiger partial charge is 0.493 e. The van der Waals surface area contributed by atoms with Gasteiger partial charge in [-0.25, -0.2) is 0 Å². The normalized spacial score (nSPS) is 18.0. The summed E-state index contributed by atoms with van der Waals surface area (Å²) in [7, 11) is 1.56. The molecule has 3 atom stereocenters. The number of carbonyl (C=O) groups excluding carboxylic acids is 5. The first-order valence-electron chi connectivity index (χ1n) is 27.4. The van der Waals surface area contributed by atoms with Crippen molar-refractivity contribution in [2.45, 2.75) is 109 Å². The number of aryl methyl sites for hydroxylation is 2. The van der Waals surface area contributed by atoms with Crippen LogP contribution >= 0.6 is 11.8 Å². The Balaban J connectivity index is 0.896. The Morgan fingerprint density at radius 2 is 1.41 bits per heavy atom. The van der Waals surface area contributed by atoms with Gasteiger partial charge >= 0.3 is 0 Å². The summed E-state index contributed by atoms with van der Waals surface area (Å²) in [5, 5.41) is -0.345. The molecule has 0 bridgehead atoms. The van der Waals surface area contributed by atoms with Crippen LogP contribution in [0.4, 0.5) is 22.7 Å². The number of para-hydroxylation sites is 2. The van der Waals surface area contributed by atoms with Gasteiger partial charge in [0.25, 0.3) is 11.8 Å². The van der Waals surface area contributed by atoms with Crippen LogP contribution in [0, 0.1) is 6.92 Å². The van der Waals surface area contributed by atoms with E-state index in [2.05, 4.69) is 36.1 Å². The van der Waals surface area contributed by atoms with E-state index in [1.165, 1.54) is 22.2 Å². The molecular weight excluding hydrogens is 1010 g/mol. The molecule has 16 heteroatoms. The minimum atomic E-state index is -0.345. The molecule has 5 aliphatic rings. The summed E-state index contributed by atoms with van der Waals surface area (Å²) in [6.07, 6.45) is 9.53. The molecule has 408 valence electrons. The van der Waals surface area contributed by atoms with Crippen molar-refractivity contribution in [3.8, 4) is 17.2 Å². The first-order chi connectivity index (χ1) is 38.0. The second-order valence-electron chi connectivity index (χ2n) is 20.7. The number of methoxy groups -OCH3 is 1. The predicted octanol–water partition coefficient (Wildman–Crippen LogP) is 9.84. The van der Waals surface area contributed by atoms with Crippen LogP contribution in [0.25, 0.3) is 0 Å². The molecule has 5 aromatic rings. The lowest BCUT2D eigenvalue weighted by Crippen LogP contribution is -2.37. The van der Waals surface area contributed by atoms with Crippen LogP contribution < -0.4 is 28.9 Å². The van der Waals surface area contributed by atoms with E-state index in [1.807, 2.05) is 83.8 Å². The first-order valence-corrected chi connectivity index (χ1v) is 28.7. The molecule has 0 N–H and O–H groups in total. The number of hydrogen-bond donors (Lipinski definition) is 0. The molecule has 10 rings (SSSR count). The van der Waals surface area contributed by atoms with Crippen molar-refractivity contribution in [2.75, 3.05) is 74.1 Å². The molecule has 0 radical (unpaired) electrons. The molecule has 4 amide bonds. The lowest BCUT2D eigenvalue weighted by Gasteiger charge is -2.26. The highest BCUT2D eigenvalue weighted by atomic mass is 32.2. The number of ketones is 1. The van der Waals surface area contributed by atoms with Gasteiger partial charge in [0.05, 0.1) is 49.5 Å². The van der Waals surface area contributed by atoms with Crippen LogP contribution in [-0.2, 0) is 56.3 Å². The van der Waals surface area contributed by atoms with Gasteiger partial charge in [-0.2, -0.15) is 11.8 Å². The van der Waals surface area contributed by atoms with Crippen molar-refractivity contribution in [1.82, 2.24) is 4.90 Å². The molecule has 78 heavy (non-hydrogen) atoms. The molecule has 0 aliphatic carbocycles. The molecule has 0 spiro atoms. The molecule has 5 aromatic carbocycles. The van der Waals surface area contributed by atoms with Crippen molar-refractivity contribution in [3.63, 3.8) is 0 Å². The molecule has 1 unspecified atom stereocenters. The number of amides is 4. The third-order valence-corrected chi connectivity index (χ3v) is 16.4. The van der Waals surface area contributed by atoms with Gasteiger partial charge in [-0.05, 0) is 134 Å². The van der Waals surface area contributed by atoms with Crippen LogP contribution in [0.2, 0.25) is 0 Å². The summed E-state index contributed by atoms with van der Waals surface area (Å²) in [5.74, 6) is 1.15. The number of aliphatic imine (C=N–C) groups is 1. The van der Waals surface area contributed by atoms with E-state index in [0.717, 1.165) is 70.6 Å². The summed E-state index contributed by atoms with van der Waals surface area (Å²) in [6, 6.07) is 29.8. The maximum absolute atomic E-state index is 14.2. The zero-order valence-corrected chi connectivity index (χ0v) is 45.9. The Kier molecular flexibility index (Phi) is 17.3. The fourth-order valence-corrected chi connectivity index (χ4v) is 12.1. The Hall–Kier alpha value is -7.01. The van der Waals surface area contributed by atoms with Gasteiger partial charge in [0.15, 0.2) is 11.5 Å². The number of Topliss-reactive ketones (excluding diaryl/α,β-unsaturated/α-hetero) is 1. The Morgan fingerprint density at radius 3 is 2.14 bits per heavy atom. The Bertz CT molecular complexity index is 3110. The third-order valence-electron chi connectivity index (χ3n) is 15.4. The number of hydrogen-bond acceptors (Lipinski definition) is 13. The van der Waals surface area contributed by atoms with Crippen molar-refractivity contribution >= 4 is 70.1 Å². The Labute approximate surface area is 461 Å². The summed E-state index contributed by atoms with van der Waals surface area (Å²) in [5.41, 5.74) is 10.3. The standard InChI is InChI=1S/C62H69N5O10S/c1-5-23-74-25-26-75-24-22-64(20-10-14-49(68)15-11-21-65-59(69)36-58(78-4)62(65)72)47-29-41(38-76-55-33-43-18-19-46-31-44-12-6-8-16-53(44)66(46)60(70)50(43)27-40(55)2)28-42(30-47)39-77-57-35-52-51(34-56(57)73-3)61(71)67-48(37-63-52)32-45-13-7-9-17-54(45)67/h6-9,12-13,16-17,27-30,33-35,37,46,48,58H,5,10-11,14-15,18-26,31-32,36,38-39H2,1-4H3/t46-,48+,58?/m1/s1. The van der Waals surface area contributed by atoms with E-state index in [-0.39, 0.29) is 79.3 Å². The van der Waals surface area contributed by atoms with Crippen molar-refractivity contribution in [3.05, 3.63) is 136 Å². The first kappa shape index (κ1) is 54.3. The van der Waals surface area contributed by atoms with Crippen LogP contribution in [0.5, 0.6) is 17.2 Å². The van der Waals surface area contributed by atoms with E-state index in [0.29, 0.717) is 99.3 Å². The second kappa shape index (κ2) is 24.8. The quantitative estimate of drug-likeness (QED) is 0.0403. The van der Waals surface area contributed by atoms with E-state index < -0.39 is 0 Å². The van der Waals surface area contributed by atoms with Crippen molar-refractivity contribution in [1.29, 1.82) is 0 Å². The zero-order chi connectivity index (χ0) is 54.3. The van der Waals surface area contributed by atoms with Crippen LogP contribution in [0.1, 0.15) is 106 Å². The molecule has 0 aromatic heterocycles. The zero-order valence-electron chi connectivity index (χ0n) is 45.1. The molecule has 5 heterocycles. The lowest BCUT2D eigenvalue weighted by molar-refractivity contribution is -0.138. The lowest BCUT2D eigenvalue weighted by atomic mass is 9.98. The Morgan fingerprint density at radius 1 is 0.718 bits per heavy atom. The van der Waals surface area contributed by atoms with E-state index in [1.54, 1.807) is 19.2 Å². The summed E-state index contributed by atoms with van der Waals surface area (Å²) in [4.78, 5) is 79.1. The molecule has 15 nitrogen and oxygen atoms in total. The average molecular weight is 1080 g/mol. The van der Waals surface area contributed by atoms with Gasteiger partial charge in [-0.1, -0.05) is 43.3 Å². The van der Waals surface area contributed by atoms with E-state index in [9.17, 15) is 24.0 Å². The molecule has 1 fully saturated rings. The maximum Gasteiger partial charge on any atom is 0.261 e. The highest BCUT2D eigenvalue weighted by molar-refractivity contribution is 8.00. The van der Waals surface area contributed by atoms with Crippen molar-refractivity contribution < 1.29 is 47.7 Å². The van der Waals surface area contributed by atoms with Crippen LogP contribution in [0.3, 0.4) is 0 Å². The van der Waals surface area contributed by atoms with Crippen molar-refractivity contribution in [2.24, 2.45) is 4.99 Å². The number of nitrogens with zero attached hydrogens (tertiary/aromatic N) is 5. The smallest absolute Gasteiger partial charge is 0.261 e. The number of benzene rings is 5. The topological polar surface area (TPSA) is 157 Å². The minimum absolute atomic E-state index is 0.0266. The van der Waals surface area contributed by atoms with Gasteiger partial charge < -0.3 is 33.5 Å². The molecular formula is C62H69N5O10S. The number of rotatable bonds is 25. The maximum atomic E-state index is 14.2. The van der Waals surface area contributed by atoms with Gasteiger partial charge in [-0.3, -0.25) is 38.8 Å². The SMILES string of the molecule is CCCOCCOCCN(CCCC(=O)CCCN1C(=O)CC(SC)C1=O)c1cc(COc2cc3c(cc2C)C(=O)N2c4ccccc4C[C@H]2CC3)cc(COc2cc3c(cc2OC)C(=O)N2c4ccccc4C[C@H]2C=N3)c1. The average Bonchev–Trinajstić information content (AvgIpc) is 4.24. The van der Waals surface area contributed by atoms with E-state index >= 15 is 0 Å². The predicted molar refractivity (Wildman–Crippen MR) is 303 cm³/mol. The minimum Gasteiger partial charge on any atom is -0.493 e. The number of fused-ring (bicyclic) bond motifs is 8. The molecule has 5 aliphatic heterocycles. The number of anilines is 3. The van der Waals surface area contributed by atoms with Crippen LogP contribution in [-0.4, -0.2) is 117 Å². The molecule has 0 saturated carbocycles. The number of likely N-dealkylation sites (tertiary alicyclic amines) is 1. The van der Waals surface area contributed by atoms with Crippen LogP contribution in [0.15, 0.2) is 96.0 Å². The summed E-state index contributed by atoms with van der Waals surface area (Å²) in [6.45, 7) is 7.73. The fourth-order valence-electron chi connectivity index (χ4n) is 11.4. The van der Waals surface area contributed by atoms with Gasteiger partial charge in [0.2, 0.25) is 11.8 Å². The van der Waals surface area contributed by atoms with Gasteiger partial charge in [0.1, 0.15) is 24.7 Å². The summed E-state index contributed by atoms with van der Waals surface area (Å²) < 4.78 is 31.0. The van der Waals surface area contributed by atoms with Gasteiger partial charge in [-0.15, -0.1) is 0 Å². The number of ether oxygens (including phenoxy) is 5. The van der Waals surface area contributed by atoms with E-state index in [4.69, 9.17) is 28.7 Å². The summed E-state index contributed by atoms with van der Waals surface area (Å²) >= 11 is 1.38. The molecule has 1 saturated heterocycles. The highest BCUT2D eigenvalue weighted by Gasteiger charge is 2.40. The number of carbonyl (C=O) groups is 5. The number of imide groups is 1.